The van der Waals surface area contributed by atoms with Crippen molar-refractivity contribution in [2.45, 2.75) is 33.4 Å². The van der Waals surface area contributed by atoms with Gasteiger partial charge in [-0.3, -0.25) is 4.99 Å². The van der Waals surface area contributed by atoms with Crippen LogP contribution in [0.4, 0.5) is 4.39 Å². The van der Waals surface area contributed by atoms with E-state index >= 15 is 0 Å². The van der Waals surface area contributed by atoms with Crippen LogP contribution in [0.1, 0.15) is 34.0 Å². The van der Waals surface area contributed by atoms with Gasteiger partial charge in [-0.05, 0) is 38.0 Å². The smallest absolute Gasteiger partial charge is 0.191 e. The SMILES string of the molecule is CN=C(NCc1ncc(C)s1)NC(C)c1ccc(C)c(F)c1.I. The summed E-state index contributed by atoms with van der Waals surface area (Å²) in [7, 11) is 1.71. The Labute approximate surface area is 157 Å². The number of thiazole rings is 1. The number of guanidine groups is 1. The van der Waals surface area contributed by atoms with Crippen molar-refractivity contribution in [3.8, 4) is 0 Å². The van der Waals surface area contributed by atoms with E-state index in [9.17, 15) is 4.39 Å². The summed E-state index contributed by atoms with van der Waals surface area (Å²) in [6, 6.07) is 5.23. The summed E-state index contributed by atoms with van der Waals surface area (Å²) in [4.78, 5) is 9.68. The third-order valence-corrected chi connectivity index (χ3v) is 4.26. The molecule has 0 radical (unpaired) electrons. The first-order valence-corrected chi connectivity index (χ1v) is 7.95. The minimum atomic E-state index is -0.188. The highest BCUT2D eigenvalue weighted by molar-refractivity contribution is 14.0. The van der Waals surface area contributed by atoms with Crippen molar-refractivity contribution in [2.75, 3.05) is 7.05 Å². The van der Waals surface area contributed by atoms with Gasteiger partial charge in [-0.15, -0.1) is 35.3 Å². The Kier molecular flexibility index (Phi) is 7.90. The zero-order valence-electron chi connectivity index (χ0n) is 13.7. The van der Waals surface area contributed by atoms with E-state index in [1.54, 1.807) is 37.4 Å². The number of benzene rings is 1. The lowest BCUT2D eigenvalue weighted by molar-refractivity contribution is 0.607. The average molecular weight is 448 g/mol. The average Bonchev–Trinajstić information content (AvgIpc) is 2.91. The lowest BCUT2D eigenvalue weighted by atomic mass is 10.1. The van der Waals surface area contributed by atoms with Crippen LogP contribution in [-0.4, -0.2) is 18.0 Å². The van der Waals surface area contributed by atoms with E-state index in [1.165, 1.54) is 4.88 Å². The molecule has 7 heteroatoms. The first kappa shape index (κ1) is 19.8. The predicted octanol–water partition coefficient (Wildman–Crippen LogP) is 3.94. The fourth-order valence-electron chi connectivity index (χ4n) is 2.00. The zero-order chi connectivity index (χ0) is 16.1. The molecule has 23 heavy (non-hydrogen) atoms. The van der Waals surface area contributed by atoms with E-state index in [4.69, 9.17) is 0 Å². The van der Waals surface area contributed by atoms with Crippen LogP contribution in [0.25, 0.3) is 0 Å². The molecule has 0 amide bonds. The van der Waals surface area contributed by atoms with Gasteiger partial charge >= 0.3 is 0 Å². The van der Waals surface area contributed by atoms with Gasteiger partial charge in [-0.25, -0.2) is 9.37 Å². The van der Waals surface area contributed by atoms with E-state index in [1.807, 2.05) is 26.1 Å². The summed E-state index contributed by atoms with van der Waals surface area (Å²) in [5, 5.41) is 7.48. The lowest BCUT2D eigenvalue weighted by Gasteiger charge is -2.18. The molecular weight excluding hydrogens is 426 g/mol. The molecule has 0 saturated carbocycles. The van der Waals surface area contributed by atoms with E-state index in [0.717, 1.165) is 10.6 Å². The molecule has 0 fully saturated rings. The van der Waals surface area contributed by atoms with Crippen LogP contribution in [0, 0.1) is 19.7 Å². The van der Waals surface area contributed by atoms with Gasteiger partial charge < -0.3 is 10.6 Å². The van der Waals surface area contributed by atoms with Crippen molar-refractivity contribution in [1.29, 1.82) is 0 Å². The molecule has 0 bridgehead atoms. The second-order valence-corrected chi connectivity index (χ2v) is 6.48. The number of nitrogens with zero attached hydrogens (tertiary/aromatic N) is 2. The van der Waals surface area contributed by atoms with Crippen LogP contribution in [-0.2, 0) is 6.54 Å². The van der Waals surface area contributed by atoms with E-state index in [-0.39, 0.29) is 35.8 Å². The number of rotatable bonds is 4. The van der Waals surface area contributed by atoms with Crippen LogP contribution >= 0.6 is 35.3 Å². The molecule has 0 saturated heterocycles. The largest absolute Gasteiger partial charge is 0.350 e. The second-order valence-electron chi connectivity index (χ2n) is 5.17. The summed E-state index contributed by atoms with van der Waals surface area (Å²) in [6.45, 7) is 6.38. The second kappa shape index (κ2) is 9.17. The Hall–Kier alpha value is -1.22. The Bertz CT molecular complexity index is 672. The van der Waals surface area contributed by atoms with Crippen molar-refractivity contribution >= 4 is 41.3 Å². The number of hydrogen-bond donors (Lipinski definition) is 2. The van der Waals surface area contributed by atoms with Crippen molar-refractivity contribution in [3.63, 3.8) is 0 Å². The first-order chi connectivity index (χ1) is 10.5. The molecule has 4 nitrogen and oxygen atoms in total. The van der Waals surface area contributed by atoms with Gasteiger partial charge in [-0.2, -0.15) is 0 Å². The summed E-state index contributed by atoms with van der Waals surface area (Å²) in [5.74, 6) is 0.480. The number of aryl methyl sites for hydroxylation is 2. The van der Waals surface area contributed by atoms with E-state index in [2.05, 4.69) is 20.6 Å². The molecule has 2 N–H and O–H groups in total. The molecule has 0 aliphatic rings. The molecule has 2 aromatic rings. The topological polar surface area (TPSA) is 49.3 Å². The summed E-state index contributed by atoms with van der Waals surface area (Å²) < 4.78 is 13.7. The van der Waals surface area contributed by atoms with E-state index < -0.39 is 0 Å². The summed E-state index contributed by atoms with van der Waals surface area (Å²) in [5.41, 5.74) is 1.54. The quantitative estimate of drug-likeness (QED) is 0.423. The lowest BCUT2D eigenvalue weighted by Crippen LogP contribution is -2.38. The molecule has 1 heterocycles. The third kappa shape index (κ3) is 5.72. The Morgan fingerprint density at radius 3 is 2.70 bits per heavy atom. The fourth-order valence-corrected chi connectivity index (χ4v) is 2.73. The minimum Gasteiger partial charge on any atom is -0.350 e. The van der Waals surface area contributed by atoms with Crippen molar-refractivity contribution in [2.24, 2.45) is 4.99 Å². The molecule has 126 valence electrons. The molecule has 1 unspecified atom stereocenters. The number of aliphatic imine (C=N–C) groups is 1. The van der Waals surface area contributed by atoms with Gasteiger partial charge in [0.2, 0.25) is 0 Å². The highest BCUT2D eigenvalue weighted by Crippen LogP contribution is 2.16. The highest BCUT2D eigenvalue weighted by atomic mass is 127. The van der Waals surface area contributed by atoms with Crippen LogP contribution < -0.4 is 10.6 Å². The summed E-state index contributed by atoms with van der Waals surface area (Å²) >= 11 is 1.65. The standard InChI is InChI=1S/C16H21FN4S.HI/c1-10-5-6-13(7-14(10)17)12(3)21-16(18-4)20-9-15-19-8-11(2)22-15;/h5-8,12H,9H2,1-4H3,(H2,18,20,21);1H. The molecule has 2 rings (SSSR count). The van der Waals surface area contributed by atoms with Crippen molar-refractivity contribution in [1.82, 2.24) is 15.6 Å². The molecular formula is C16H22FIN4S. The maximum Gasteiger partial charge on any atom is 0.191 e. The third-order valence-electron chi connectivity index (χ3n) is 3.35. The van der Waals surface area contributed by atoms with Gasteiger partial charge in [-0.1, -0.05) is 12.1 Å². The predicted molar refractivity (Wildman–Crippen MR) is 105 cm³/mol. The number of halogens is 2. The molecule has 1 atom stereocenters. The van der Waals surface area contributed by atoms with Gasteiger partial charge in [0.05, 0.1) is 12.6 Å². The molecule has 0 aliphatic heterocycles. The van der Waals surface area contributed by atoms with Gasteiger partial charge in [0.1, 0.15) is 10.8 Å². The van der Waals surface area contributed by atoms with Crippen molar-refractivity contribution in [3.05, 3.63) is 51.2 Å². The van der Waals surface area contributed by atoms with Crippen LogP contribution in [0.15, 0.2) is 29.4 Å². The Balaban J connectivity index is 0.00000264. The van der Waals surface area contributed by atoms with Crippen LogP contribution in [0.5, 0.6) is 0 Å². The zero-order valence-corrected chi connectivity index (χ0v) is 16.8. The van der Waals surface area contributed by atoms with Gasteiger partial charge in [0.25, 0.3) is 0 Å². The van der Waals surface area contributed by atoms with Crippen LogP contribution in [0.2, 0.25) is 0 Å². The summed E-state index contributed by atoms with van der Waals surface area (Å²) in [6.07, 6.45) is 1.86. The Morgan fingerprint density at radius 1 is 1.39 bits per heavy atom. The normalized spacial score (nSPS) is 12.5. The number of nitrogens with one attached hydrogen (secondary N) is 2. The molecule has 1 aromatic heterocycles. The van der Waals surface area contributed by atoms with Crippen LogP contribution in [0.3, 0.4) is 0 Å². The maximum atomic E-state index is 13.7. The maximum absolute atomic E-state index is 13.7. The number of hydrogen-bond acceptors (Lipinski definition) is 3. The first-order valence-electron chi connectivity index (χ1n) is 7.14. The van der Waals surface area contributed by atoms with E-state index in [0.29, 0.717) is 18.1 Å². The molecule has 0 aliphatic carbocycles. The monoisotopic (exact) mass is 448 g/mol. The molecule has 1 aromatic carbocycles. The molecule has 0 spiro atoms. The van der Waals surface area contributed by atoms with Gasteiger partial charge in [0.15, 0.2) is 5.96 Å². The van der Waals surface area contributed by atoms with Crippen molar-refractivity contribution < 1.29 is 4.39 Å². The Morgan fingerprint density at radius 2 is 2.13 bits per heavy atom. The van der Waals surface area contributed by atoms with Gasteiger partial charge in [0, 0.05) is 18.1 Å². The number of aromatic nitrogens is 1. The minimum absolute atomic E-state index is 0. The fraction of sp³-hybridized carbons (Fsp3) is 0.375. The highest BCUT2D eigenvalue weighted by Gasteiger charge is 2.10.